The number of fused-ring (bicyclic) bond motifs is 1. The van der Waals surface area contributed by atoms with Crippen molar-refractivity contribution in [1.29, 1.82) is 0 Å². The Morgan fingerprint density at radius 3 is 2.88 bits per heavy atom. The molecule has 2 aromatic heterocycles. The number of aromatic nitrogens is 3. The zero-order chi connectivity index (χ0) is 21.5. The molecule has 0 saturated heterocycles. The summed E-state index contributed by atoms with van der Waals surface area (Å²) in [6.45, 7) is 0. The van der Waals surface area contributed by atoms with Gasteiger partial charge in [0.25, 0.3) is 0 Å². The van der Waals surface area contributed by atoms with Gasteiger partial charge in [-0.2, -0.15) is 5.10 Å². The van der Waals surface area contributed by atoms with Crippen molar-refractivity contribution >= 4 is 23.7 Å². The number of carbonyl (C=O) groups excluding carboxylic acids is 1. The molecule has 3 aliphatic carbocycles. The van der Waals surface area contributed by atoms with Gasteiger partial charge in [0.15, 0.2) is 0 Å². The lowest BCUT2D eigenvalue weighted by atomic mass is 9.98. The number of pyridine rings is 1. The predicted octanol–water partition coefficient (Wildman–Crippen LogP) is 5.14. The zero-order valence-electron chi connectivity index (χ0n) is 17.7. The van der Waals surface area contributed by atoms with E-state index in [1.165, 1.54) is 35.9 Å². The van der Waals surface area contributed by atoms with Crippen LogP contribution in [0.15, 0.2) is 47.8 Å². The van der Waals surface area contributed by atoms with Crippen LogP contribution in [0, 0.1) is 0 Å². The highest BCUT2D eigenvalue weighted by molar-refractivity contribution is 7.97. The summed E-state index contributed by atoms with van der Waals surface area (Å²) >= 11 is 1.24. The minimum Gasteiger partial charge on any atom is -0.474 e. The predicted molar refractivity (Wildman–Crippen MR) is 124 cm³/mol. The quantitative estimate of drug-likeness (QED) is 0.490. The van der Waals surface area contributed by atoms with Crippen molar-refractivity contribution < 1.29 is 9.53 Å². The van der Waals surface area contributed by atoms with Crippen molar-refractivity contribution in [2.75, 3.05) is 5.32 Å². The molecule has 32 heavy (non-hydrogen) atoms. The third-order valence-corrected chi connectivity index (χ3v) is 6.85. The van der Waals surface area contributed by atoms with Gasteiger partial charge in [-0.3, -0.25) is 9.40 Å². The van der Waals surface area contributed by atoms with Crippen LogP contribution >= 0.6 is 11.9 Å². The first-order valence-corrected chi connectivity index (χ1v) is 12.1. The van der Waals surface area contributed by atoms with Crippen LogP contribution in [-0.4, -0.2) is 26.9 Å². The molecule has 2 amide bonds. The summed E-state index contributed by atoms with van der Waals surface area (Å²) < 4.78 is 10.8. The molecule has 1 aromatic carbocycles. The average molecular weight is 448 g/mol. The molecule has 2 saturated carbocycles. The first kappa shape index (κ1) is 19.7. The van der Waals surface area contributed by atoms with Crippen molar-refractivity contribution in [2.24, 2.45) is 0 Å². The fourth-order valence-electron chi connectivity index (χ4n) is 4.20. The average Bonchev–Trinajstić information content (AvgIpc) is 3.72. The maximum atomic E-state index is 12.8. The van der Waals surface area contributed by atoms with Crippen LogP contribution in [0.1, 0.15) is 49.3 Å². The molecule has 0 bridgehead atoms. The fraction of sp³-hybridized carbons (Fsp3) is 0.375. The third-order valence-electron chi connectivity index (χ3n) is 6.13. The monoisotopic (exact) mass is 447 g/mol. The molecule has 2 N–H and O–H groups in total. The number of aryl methyl sites for hydroxylation is 1. The number of carbonyl (C=O) groups is 1. The van der Waals surface area contributed by atoms with E-state index in [0.717, 1.165) is 53.9 Å². The van der Waals surface area contributed by atoms with E-state index >= 15 is 0 Å². The highest BCUT2D eigenvalue weighted by Gasteiger charge is 2.26. The van der Waals surface area contributed by atoms with Gasteiger partial charge in [-0.25, -0.2) is 9.78 Å². The topological polar surface area (TPSA) is 81.1 Å². The molecule has 0 aliphatic heterocycles. The van der Waals surface area contributed by atoms with Crippen molar-refractivity contribution in [3.8, 4) is 17.0 Å². The maximum absolute atomic E-state index is 12.8. The summed E-state index contributed by atoms with van der Waals surface area (Å²) in [4.78, 5) is 17.2. The van der Waals surface area contributed by atoms with Gasteiger partial charge in [0.2, 0.25) is 5.88 Å². The number of anilines is 1. The smallest absolute Gasteiger partial charge is 0.329 e. The van der Waals surface area contributed by atoms with Crippen LogP contribution in [0.2, 0.25) is 0 Å². The van der Waals surface area contributed by atoms with Crippen molar-refractivity contribution in [3.05, 3.63) is 53.9 Å². The SMILES string of the molecule is O=C(NSc1ccn(C2CC2)n1)Nc1c(-c2ccnc(OC3CC3)c2)ccc2c1CCC2. The van der Waals surface area contributed by atoms with Crippen LogP contribution in [0.5, 0.6) is 5.88 Å². The Bertz CT molecular complexity index is 1170. The van der Waals surface area contributed by atoms with E-state index in [0.29, 0.717) is 18.0 Å². The van der Waals surface area contributed by atoms with Crippen LogP contribution in [0.4, 0.5) is 10.5 Å². The van der Waals surface area contributed by atoms with E-state index in [1.54, 1.807) is 6.20 Å². The second-order valence-corrected chi connectivity index (χ2v) is 9.53. The number of hydrogen-bond acceptors (Lipinski definition) is 5. The first-order chi connectivity index (χ1) is 15.7. The molecular formula is C24H25N5O2S. The van der Waals surface area contributed by atoms with Crippen molar-refractivity contribution in [3.63, 3.8) is 0 Å². The maximum Gasteiger partial charge on any atom is 0.329 e. The highest BCUT2D eigenvalue weighted by atomic mass is 32.2. The summed E-state index contributed by atoms with van der Waals surface area (Å²) in [7, 11) is 0. The molecule has 0 unspecified atom stereocenters. The van der Waals surface area contributed by atoms with E-state index in [-0.39, 0.29) is 6.03 Å². The number of amides is 2. The Labute approximate surface area is 191 Å². The number of nitrogens with zero attached hydrogens (tertiary/aromatic N) is 3. The summed E-state index contributed by atoms with van der Waals surface area (Å²) in [5, 5.41) is 8.45. The van der Waals surface area contributed by atoms with Crippen LogP contribution in [-0.2, 0) is 12.8 Å². The standard InChI is InChI=1S/C24H25N5O2S/c30-24(28-32-22-11-13-29(27-22)17-5-6-17)26-23-19-3-1-2-15(19)4-9-20(23)16-10-12-25-21(14-16)31-18-7-8-18/h4,9-14,17-18H,1-3,5-8H2,(H2,26,28,30). The minimum atomic E-state index is -0.249. The van der Waals surface area contributed by atoms with Gasteiger partial charge in [0.05, 0.1) is 11.7 Å². The largest absolute Gasteiger partial charge is 0.474 e. The summed E-state index contributed by atoms with van der Waals surface area (Å²) in [5.41, 5.74) is 5.40. The molecule has 3 aliphatic rings. The highest BCUT2D eigenvalue weighted by Crippen LogP contribution is 2.39. The van der Waals surface area contributed by atoms with Gasteiger partial charge in [-0.1, -0.05) is 12.1 Å². The van der Waals surface area contributed by atoms with Crippen LogP contribution in [0.25, 0.3) is 11.1 Å². The Balaban J connectivity index is 1.22. The molecule has 2 heterocycles. The Morgan fingerprint density at radius 1 is 1.12 bits per heavy atom. The van der Waals surface area contributed by atoms with Crippen LogP contribution < -0.4 is 14.8 Å². The van der Waals surface area contributed by atoms with Gasteiger partial charge in [-0.15, -0.1) is 0 Å². The lowest BCUT2D eigenvalue weighted by Crippen LogP contribution is -2.24. The van der Waals surface area contributed by atoms with E-state index in [2.05, 4.69) is 32.3 Å². The minimum absolute atomic E-state index is 0.249. The number of ether oxygens (including phenoxy) is 1. The number of rotatable bonds is 7. The molecule has 0 radical (unpaired) electrons. The van der Waals surface area contributed by atoms with E-state index in [9.17, 15) is 4.79 Å². The normalized spacial score (nSPS) is 17.1. The second kappa shape index (κ2) is 8.16. The Hall–Kier alpha value is -3.00. The summed E-state index contributed by atoms with van der Waals surface area (Å²) in [5.74, 6) is 0.641. The zero-order valence-corrected chi connectivity index (χ0v) is 18.5. The lowest BCUT2D eigenvalue weighted by Gasteiger charge is -2.17. The molecule has 164 valence electrons. The molecule has 6 rings (SSSR count). The summed E-state index contributed by atoms with van der Waals surface area (Å²) in [6.07, 6.45) is 11.7. The Morgan fingerprint density at radius 2 is 2.03 bits per heavy atom. The van der Waals surface area contributed by atoms with E-state index in [4.69, 9.17) is 4.74 Å². The van der Waals surface area contributed by atoms with Gasteiger partial charge < -0.3 is 10.1 Å². The molecule has 3 aromatic rings. The molecular weight excluding hydrogens is 422 g/mol. The lowest BCUT2D eigenvalue weighted by molar-refractivity contribution is 0.257. The number of urea groups is 1. The van der Waals surface area contributed by atoms with E-state index in [1.807, 2.05) is 29.1 Å². The molecule has 8 heteroatoms. The fourth-order valence-corrected chi connectivity index (χ4v) is 4.72. The summed E-state index contributed by atoms with van der Waals surface area (Å²) in [6, 6.07) is 10.4. The third kappa shape index (κ3) is 4.19. The van der Waals surface area contributed by atoms with E-state index < -0.39 is 0 Å². The molecule has 7 nitrogen and oxygen atoms in total. The van der Waals surface area contributed by atoms with Crippen LogP contribution in [0.3, 0.4) is 0 Å². The molecule has 0 atom stereocenters. The van der Waals surface area contributed by atoms with Gasteiger partial charge in [0.1, 0.15) is 11.1 Å². The molecule has 0 spiro atoms. The van der Waals surface area contributed by atoms with Gasteiger partial charge in [0, 0.05) is 36.0 Å². The first-order valence-electron chi connectivity index (χ1n) is 11.3. The number of hydrogen-bond donors (Lipinski definition) is 2. The number of nitrogens with one attached hydrogen (secondary N) is 2. The van der Waals surface area contributed by atoms with Crippen molar-refractivity contribution in [2.45, 2.75) is 62.1 Å². The second-order valence-electron chi connectivity index (χ2n) is 8.70. The molecule has 2 fully saturated rings. The Kier molecular flexibility index (Phi) is 5.02. The van der Waals surface area contributed by atoms with Gasteiger partial charge in [-0.05, 0) is 73.8 Å². The number of benzene rings is 1. The van der Waals surface area contributed by atoms with Crippen molar-refractivity contribution in [1.82, 2.24) is 19.5 Å². The van der Waals surface area contributed by atoms with Gasteiger partial charge >= 0.3 is 6.03 Å².